The molecule has 0 fully saturated rings. The van der Waals surface area contributed by atoms with E-state index in [0.717, 1.165) is 44.8 Å². The van der Waals surface area contributed by atoms with Crippen LogP contribution in [0.1, 0.15) is 26.6 Å². The second-order valence-electron chi connectivity index (χ2n) is 19.6. The summed E-state index contributed by atoms with van der Waals surface area (Å²) in [6.07, 6.45) is 0. The van der Waals surface area contributed by atoms with E-state index in [2.05, 4.69) is 268 Å². The molecule has 12 rings (SSSR count). The SMILES string of the molecule is CC(C)(C)c1nc(-c2ccccc2)nc(-c2cc(-c3cccc([Si](c4ccccc4)(c4ccccc4)c4ccccc4)c3)ccc2-n2c3ccc(-c4ccccc4)cc3c3cc(-c4ccccc4)ccc32)n1. The van der Waals surface area contributed by atoms with Crippen molar-refractivity contribution in [2.24, 2.45) is 0 Å². The molecule has 2 heterocycles. The Hall–Kier alpha value is -8.77. The molecule has 0 N–H and O–H groups in total. The summed E-state index contributed by atoms with van der Waals surface area (Å²) in [6, 6.07) is 94.9. The fourth-order valence-corrected chi connectivity index (χ4v) is 15.3. The molecule has 0 radical (unpaired) electrons. The highest BCUT2D eigenvalue weighted by atomic mass is 28.3. The van der Waals surface area contributed by atoms with Crippen LogP contribution >= 0.6 is 0 Å². The number of fused-ring (bicyclic) bond motifs is 3. The van der Waals surface area contributed by atoms with E-state index in [1.165, 1.54) is 53.8 Å². The summed E-state index contributed by atoms with van der Waals surface area (Å²) in [5.41, 5.74) is 11.6. The molecular weight excluding hydrogens is 889 g/mol. The van der Waals surface area contributed by atoms with E-state index in [0.29, 0.717) is 11.6 Å². The Morgan fingerprint density at radius 1 is 0.319 bits per heavy atom. The Balaban J connectivity index is 1.13. The highest BCUT2D eigenvalue weighted by Gasteiger charge is 2.41. The van der Waals surface area contributed by atoms with Crippen molar-refractivity contribution in [1.82, 2.24) is 19.5 Å². The van der Waals surface area contributed by atoms with Crippen molar-refractivity contribution in [2.75, 3.05) is 0 Å². The Morgan fingerprint density at radius 2 is 0.708 bits per heavy atom. The van der Waals surface area contributed by atoms with E-state index in [1.54, 1.807) is 0 Å². The Morgan fingerprint density at radius 3 is 1.19 bits per heavy atom. The first kappa shape index (κ1) is 44.4. The standard InChI is InChI=1S/C67H52N4Si/c1-67(2,3)66-69-64(49-27-14-6-15-28-49)68-65(70-66)60-46-53(50-29-22-36-57(43-50)72(54-30-16-7-17-31-54,55-32-18-8-19-33-55)56-34-20-9-21-35-56)39-42-63(60)71-61-40-37-51(47-23-10-4-11-24-47)44-58(61)59-45-52(38-41-62(59)71)48-25-12-5-13-26-48/h4-46H,1-3H3. The first-order valence-electron chi connectivity index (χ1n) is 24.8. The molecule has 0 saturated heterocycles. The monoisotopic (exact) mass is 940 g/mol. The molecule has 0 amide bonds. The van der Waals surface area contributed by atoms with Crippen molar-refractivity contribution in [3.8, 4) is 61.8 Å². The predicted octanol–water partition coefficient (Wildman–Crippen LogP) is 14.0. The summed E-state index contributed by atoms with van der Waals surface area (Å²) < 4.78 is 2.42. The number of benzene rings is 10. The fourth-order valence-electron chi connectivity index (χ4n) is 10.5. The lowest BCUT2D eigenvalue weighted by molar-refractivity contribution is 0.543. The maximum Gasteiger partial charge on any atom is 0.179 e. The number of nitrogens with zero attached hydrogens (tertiary/aromatic N) is 4. The zero-order chi connectivity index (χ0) is 48.7. The average molecular weight is 941 g/mol. The largest absolute Gasteiger partial charge is 0.308 e. The van der Waals surface area contributed by atoms with Crippen molar-refractivity contribution in [3.05, 3.63) is 267 Å². The van der Waals surface area contributed by atoms with Crippen LogP contribution in [-0.2, 0) is 5.41 Å². The van der Waals surface area contributed by atoms with E-state index in [4.69, 9.17) is 15.0 Å². The number of rotatable bonds is 10. The highest BCUT2D eigenvalue weighted by Crippen LogP contribution is 2.41. The van der Waals surface area contributed by atoms with Crippen LogP contribution < -0.4 is 20.7 Å². The summed E-state index contributed by atoms with van der Waals surface area (Å²) in [4.78, 5) is 16.0. The van der Waals surface area contributed by atoms with Crippen molar-refractivity contribution in [3.63, 3.8) is 0 Å². The quantitative estimate of drug-likeness (QED) is 0.101. The fraction of sp³-hybridized carbons (Fsp3) is 0.0597. The van der Waals surface area contributed by atoms with Gasteiger partial charge in [0, 0.05) is 27.3 Å². The van der Waals surface area contributed by atoms with Crippen LogP contribution in [0.15, 0.2) is 261 Å². The van der Waals surface area contributed by atoms with Gasteiger partial charge >= 0.3 is 0 Å². The third-order valence-corrected chi connectivity index (χ3v) is 18.8. The van der Waals surface area contributed by atoms with Gasteiger partial charge < -0.3 is 4.57 Å². The van der Waals surface area contributed by atoms with Gasteiger partial charge in [-0.3, -0.25) is 0 Å². The molecule has 0 aliphatic heterocycles. The molecule has 0 spiro atoms. The van der Waals surface area contributed by atoms with E-state index >= 15 is 0 Å². The molecule has 0 aliphatic carbocycles. The van der Waals surface area contributed by atoms with Crippen LogP contribution in [0.3, 0.4) is 0 Å². The van der Waals surface area contributed by atoms with Gasteiger partial charge in [-0.25, -0.2) is 15.0 Å². The van der Waals surface area contributed by atoms with Gasteiger partial charge in [0.05, 0.1) is 16.7 Å². The summed E-state index contributed by atoms with van der Waals surface area (Å²) in [5, 5.41) is 7.66. The summed E-state index contributed by atoms with van der Waals surface area (Å²) in [5.74, 6) is 2.01. The van der Waals surface area contributed by atoms with Gasteiger partial charge in [0.2, 0.25) is 0 Å². The van der Waals surface area contributed by atoms with E-state index in [1.807, 2.05) is 18.2 Å². The maximum atomic E-state index is 5.42. The number of aromatic nitrogens is 4. The molecule has 0 saturated carbocycles. The molecule has 0 atom stereocenters. The second-order valence-corrected chi connectivity index (χ2v) is 23.4. The molecule has 72 heavy (non-hydrogen) atoms. The van der Waals surface area contributed by atoms with Crippen LogP contribution in [0.25, 0.3) is 83.6 Å². The molecule has 0 bridgehead atoms. The summed E-state index contributed by atoms with van der Waals surface area (Å²) in [6.45, 7) is 6.52. The molecule has 12 aromatic rings. The molecule has 4 nitrogen and oxygen atoms in total. The maximum absolute atomic E-state index is 5.42. The minimum absolute atomic E-state index is 0.359. The smallest absolute Gasteiger partial charge is 0.179 e. The van der Waals surface area contributed by atoms with Gasteiger partial charge in [-0.1, -0.05) is 245 Å². The third kappa shape index (κ3) is 8.04. The van der Waals surface area contributed by atoms with Gasteiger partial charge in [-0.05, 0) is 90.5 Å². The zero-order valence-corrected chi connectivity index (χ0v) is 41.6. The van der Waals surface area contributed by atoms with Gasteiger partial charge in [0.25, 0.3) is 0 Å². The zero-order valence-electron chi connectivity index (χ0n) is 40.6. The minimum atomic E-state index is -2.83. The van der Waals surface area contributed by atoms with Crippen molar-refractivity contribution in [2.45, 2.75) is 26.2 Å². The van der Waals surface area contributed by atoms with E-state index in [-0.39, 0.29) is 5.41 Å². The Labute approximate surface area is 422 Å². The third-order valence-electron chi connectivity index (χ3n) is 14.0. The Bertz CT molecular complexity index is 3680. The molecule has 0 unspecified atom stereocenters. The topological polar surface area (TPSA) is 43.6 Å². The first-order valence-corrected chi connectivity index (χ1v) is 26.8. The van der Waals surface area contributed by atoms with E-state index in [9.17, 15) is 0 Å². The van der Waals surface area contributed by atoms with Crippen molar-refractivity contribution >= 4 is 50.6 Å². The second kappa shape index (κ2) is 18.5. The van der Waals surface area contributed by atoms with Crippen LogP contribution in [0.4, 0.5) is 0 Å². The van der Waals surface area contributed by atoms with Gasteiger partial charge in [-0.2, -0.15) is 0 Å². The lowest BCUT2D eigenvalue weighted by Gasteiger charge is -2.34. The first-order chi connectivity index (χ1) is 35.3. The van der Waals surface area contributed by atoms with Gasteiger partial charge in [-0.15, -0.1) is 0 Å². The lowest BCUT2D eigenvalue weighted by atomic mass is 9.95. The molecule has 10 aromatic carbocycles. The number of hydrogen-bond acceptors (Lipinski definition) is 3. The van der Waals surface area contributed by atoms with E-state index < -0.39 is 8.07 Å². The highest BCUT2D eigenvalue weighted by molar-refractivity contribution is 7.19. The summed E-state index contributed by atoms with van der Waals surface area (Å²) in [7, 11) is -2.83. The average Bonchev–Trinajstić information content (AvgIpc) is 3.77. The molecule has 5 heteroatoms. The number of hydrogen-bond donors (Lipinski definition) is 0. The van der Waals surface area contributed by atoms with Crippen LogP contribution in [-0.4, -0.2) is 27.6 Å². The molecule has 2 aromatic heterocycles. The molecule has 0 aliphatic rings. The summed E-state index contributed by atoms with van der Waals surface area (Å²) >= 11 is 0. The van der Waals surface area contributed by atoms with Crippen LogP contribution in [0.2, 0.25) is 0 Å². The van der Waals surface area contributed by atoms with Crippen LogP contribution in [0, 0.1) is 0 Å². The lowest BCUT2D eigenvalue weighted by Crippen LogP contribution is -2.74. The molecule has 344 valence electrons. The minimum Gasteiger partial charge on any atom is -0.308 e. The van der Waals surface area contributed by atoms with Crippen molar-refractivity contribution < 1.29 is 0 Å². The van der Waals surface area contributed by atoms with Crippen LogP contribution in [0.5, 0.6) is 0 Å². The normalized spacial score (nSPS) is 11.8. The predicted molar refractivity (Wildman–Crippen MR) is 304 cm³/mol. The van der Waals surface area contributed by atoms with Gasteiger partial charge in [0.1, 0.15) is 5.82 Å². The van der Waals surface area contributed by atoms with Gasteiger partial charge in [0.15, 0.2) is 19.7 Å². The molecular formula is C67H52N4Si. The van der Waals surface area contributed by atoms with Crippen molar-refractivity contribution in [1.29, 1.82) is 0 Å². The Kier molecular flexibility index (Phi) is 11.4.